The Balaban J connectivity index is 0.000000214. The van der Waals surface area contributed by atoms with Gasteiger partial charge in [-0.15, -0.1) is 0 Å². The van der Waals surface area contributed by atoms with E-state index in [0.717, 1.165) is 17.2 Å². The van der Waals surface area contributed by atoms with E-state index >= 15 is 0 Å². The maximum atomic E-state index is 10.5. The molecule has 0 saturated carbocycles. The summed E-state index contributed by atoms with van der Waals surface area (Å²) in [6.45, 7) is 12.7. The second-order valence-electron chi connectivity index (χ2n) is 10.0. The summed E-state index contributed by atoms with van der Waals surface area (Å²) in [5.41, 5.74) is 3.44. The molecule has 1 aromatic carbocycles. The molecule has 35 heavy (non-hydrogen) atoms. The third-order valence-corrected chi connectivity index (χ3v) is 7.22. The minimum Gasteiger partial charge on any atom is -0.481 e. The quantitative estimate of drug-likeness (QED) is 0.537. The first-order chi connectivity index (χ1) is 17.0. The highest BCUT2D eigenvalue weighted by Crippen LogP contribution is 2.14. The summed E-state index contributed by atoms with van der Waals surface area (Å²) in [7, 11) is 0. The Hall–Kier alpha value is -2.24. The minimum absolute atomic E-state index is 0.406. The summed E-state index contributed by atoms with van der Waals surface area (Å²) in [5, 5.41) is 11.9. The molecule has 194 valence electrons. The average molecular weight is 483 g/mol. The van der Waals surface area contributed by atoms with Crippen molar-refractivity contribution in [3.05, 3.63) is 65.5 Å². The fourth-order valence-electron chi connectivity index (χ4n) is 4.73. The molecule has 2 aliphatic rings. The molecule has 1 atom stereocenters. The van der Waals surface area contributed by atoms with Crippen LogP contribution in [-0.2, 0) is 11.2 Å². The lowest BCUT2D eigenvalue weighted by Crippen LogP contribution is -3.13. The molecular weight excluding hydrogens is 434 g/mol. The second-order valence-corrected chi connectivity index (χ2v) is 10.0. The normalized spacial score (nSPS) is 20.4. The number of likely N-dealkylation sites (tertiary alicyclic amines) is 1. The van der Waals surface area contributed by atoms with Crippen LogP contribution in [0.25, 0.3) is 0 Å². The lowest BCUT2D eigenvalue weighted by atomic mass is 9.94. The molecule has 2 aliphatic heterocycles. The number of piperidine rings is 2. The van der Waals surface area contributed by atoms with Crippen LogP contribution in [0.15, 0.2) is 48.7 Å². The highest BCUT2D eigenvalue weighted by atomic mass is 16.4. The Bertz CT molecular complexity index is 804. The number of hydrogen-bond donors (Lipinski definition) is 3. The average Bonchev–Trinajstić information content (AvgIpc) is 2.91. The fraction of sp³-hybridized carbons (Fsp3) is 0.600. The summed E-state index contributed by atoms with van der Waals surface area (Å²) >= 11 is 0. The van der Waals surface area contributed by atoms with Crippen LogP contribution in [0.4, 0.5) is 0 Å². The number of aryl methyl sites for hydroxylation is 2. The molecular formula is C30H48N3O2+. The van der Waals surface area contributed by atoms with Crippen molar-refractivity contribution in [1.29, 1.82) is 0 Å². The summed E-state index contributed by atoms with van der Waals surface area (Å²) in [6.07, 6.45) is 12.9. The number of nitrogens with one attached hydrogen (secondary N) is 2. The first kappa shape index (κ1) is 29.0. The monoisotopic (exact) mass is 482 g/mol. The number of aliphatic carboxylic acids is 1. The van der Waals surface area contributed by atoms with Crippen molar-refractivity contribution in [1.82, 2.24) is 10.3 Å². The number of quaternary nitrogens is 1. The molecule has 5 nitrogen and oxygen atoms in total. The van der Waals surface area contributed by atoms with Crippen molar-refractivity contribution >= 4 is 5.97 Å². The Kier molecular flexibility index (Phi) is 14.3. The predicted molar refractivity (Wildman–Crippen MR) is 145 cm³/mol. The third-order valence-electron chi connectivity index (χ3n) is 7.22. The molecule has 2 fully saturated rings. The van der Waals surface area contributed by atoms with E-state index in [-0.39, 0.29) is 0 Å². The van der Waals surface area contributed by atoms with E-state index in [4.69, 9.17) is 5.11 Å². The van der Waals surface area contributed by atoms with Gasteiger partial charge in [0.05, 0.1) is 25.6 Å². The summed E-state index contributed by atoms with van der Waals surface area (Å²) in [5.74, 6) is -0.177. The molecule has 0 amide bonds. The van der Waals surface area contributed by atoms with E-state index in [1.807, 2.05) is 41.4 Å². The molecule has 2 aromatic rings. The van der Waals surface area contributed by atoms with E-state index in [1.54, 1.807) is 6.92 Å². The van der Waals surface area contributed by atoms with Gasteiger partial charge in [-0.1, -0.05) is 50.1 Å². The zero-order valence-corrected chi connectivity index (χ0v) is 22.3. The number of carboxylic acid groups (broad SMARTS) is 1. The second kappa shape index (κ2) is 17.2. The number of benzene rings is 1. The van der Waals surface area contributed by atoms with Crippen molar-refractivity contribution in [2.45, 2.75) is 78.1 Å². The van der Waals surface area contributed by atoms with Gasteiger partial charge in [0.2, 0.25) is 0 Å². The molecule has 0 radical (unpaired) electrons. The lowest BCUT2D eigenvalue weighted by Gasteiger charge is -2.28. The number of carbonyl (C=O) groups is 1. The summed E-state index contributed by atoms with van der Waals surface area (Å²) < 4.78 is 0. The first-order valence-electron chi connectivity index (χ1n) is 13.7. The van der Waals surface area contributed by atoms with Gasteiger partial charge in [0, 0.05) is 18.3 Å². The molecule has 1 aromatic heterocycles. The first-order valence-corrected chi connectivity index (χ1v) is 13.7. The Morgan fingerprint density at radius 2 is 1.80 bits per heavy atom. The SMILES string of the molecule is C1CCNCC1.CC(C(=O)O)c1ccccc1.CCC1CC[NH+](CCCc2ccnc(C)c2)CC1. The number of aromatic nitrogens is 1. The van der Waals surface area contributed by atoms with Crippen LogP contribution in [0.1, 0.15) is 81.5 Å². The maximum absolute atomic E-state index is 10.5. The number of pyridine rings is 1. The molecule has 0 bridgehead atoms. The largest absolute Gasteiger partial charge is 0.481 e. The molecule has 5 heteroatoms. The van der Waals surface area contributed by atoms with Crippen LogP contribution in [0, 0.1) is 12.8 Å². The highest BCUT2D eigenvalue weighted by molar-refractivity contribution is 5.75. The van der Waals surface area contributed by atoms with Crippen LogP contribution in [0.2, 0.25) is 0 Å². The molecule has 2 saturated heterocycles. The number of rotatable bonds is 7. The van der Waals surface area contributed by atoms with Gasteiger partial charge >= 0.3 is 5.97 Å². The zero-order valence-electron chi connectivity index (χ0n) is 22.3. The number of carboxylic acids is 1. The summed E-state index contributed by atoms with van der Waals surface area (Å²) in [6, 6.07) is 13.6. The van der Waals surface area contributed by atoms with E-state index in [9.17, 15) is 4.79 Å². The number of nitrogens with zero attached hydrogens (tertiary/aromatic N) is 1. The van der Waals surface area contributed by atoms with Crippen molar-refractivity contribution in [2.75, 3.05) is 32.7 Å². The Morgan fingerprint density at radius 1 is 1.11 bits per heavy atom. The fourth-order valence-corrected chi connectivity index (χ4v) is 4.73. The van der Waals surface area contributed by atoms with Gasteiger partial charge in [-0.3, -0.25) is 9.78 Å². The van der Waals surface area contributed by atoms with Crippen LogP contribution < -0.4 is 10.2 Å². The standard InChI is InChI=1S/C16H26N2.C9H10O2.C5H11N/c1-3-15-7-11-18(12-8-15)10-4-5-16-6-9-17-14(2)13-16;1-7(9(10)11)8-5-3-2-4-6-8;1-2-4-6-5-3-1/h6,9,13,15H,3-5,7-8,10-12H2,1-2H3;2-7H,1H3,(H,10,11);6H,1-5H2/p+1. The van der Waals surface area contributed by atoms with Crippen LogP contribution in [0.3, 0.4) is 0 Å². The molecule has 0 spiro atoms. The maximum Gasteiger partial charge on any atom is 0.310 e. The molecule has 3 N–H and O–H groups in total. The number of hydrogen-bond acceptors (Lipinski definition) is 3. The Labute approximate surface area is 213 Å². The molecule has 1 unspecified atom stereocenters. The molecule has 4 rings (SSSR count). The van der Waals surface area contributed by atoms with Crippen molar-refractivity contribution in [3.63, 3.8) is 0 Å². The lowest BCUT2D eigenvalue weighted by molar-refractivity contribution is -0.906. The molecule has 0 aliphatic carbocycles. The van der Waals surface area contributed by atoms with Gasteiger partial charge in [-0.2, -0.15) is 0 Å². The van der Waals surface area contributed by atoms with Crippen LogP contribution in [-0.4, -0.2) is 48.8 Å². The topological polar surface area (TPSA) is 66.7 Å². The highest BCUT2D eigenvalue weighted by Gasteiger charge is 2.20. The Morgan fingerprint density at radius 3 is 2.31 bits per heavy atom. The van der Waals surface area contributed by atoms with Crippen molar-refractivity contribution in [3.8, 4) is 0 Å². The van der Waals surface area contributed by atoms with Crippen molar-refractivity contribution < 1.29 is 14.8 Å². The van der Waals surface area contributed by atoms with Crippen molar-refractivity contribution in [2.24, 2.45) is 5.92 Å². The van der Waals surface area contributed by atoms with Gasteiger partial charge in [0.15, 0.2) is 0 Å². The van der Waals surface area contributed by atoms with Crippen LogP contribution in [0.5, 0.6) is 0 Å². The smallest absolute Gasteiger partial charge is 0.310 e. The van der Waals surface area contributed by atoms with E-state index in [1.165, 1.54) is 89.7 Å². The van der Waals surface area contributed by atoms with E-state index in [0.29, 0.717) is 0 Å². The van der Waals surface area contributed by atoms with Gasteiger partial charge < -0.3 is 15.3 Å². The third kappa shape index (κ3) is 12.3. The summed E-state index contributed by atoms with van der Waals surface area (Å²) in [4.78, 5) is 16.6. The van der Waals surface area contributed by atoms with Gasteiger partial charge in [0.1, 0.15) is 0 Å². The van der Waals surface area contributed by atoms with E-state index < -0.39 is 11.9 Å². The van der Waals surface area contributed by atoms with Gasteiger partial charge in [0.25, 0.3) is 0 Å². The predicted octanol–water partition coefficient (Wildman–Crippen LogP) is 4.66. The van der Waals surface area contributed by atoms with Gasteiger partial charge in [-0.25, -0.2) is 0 Å². The van der Waals surface area contributed by atoms with Gasteiger partial charge in [-0.05, 0) is 88.2 Å². The molecule has 3 heterocycles. The van der Waals surface area contributed by atoms with E-state index in [2.05, 4.69) is 36.3 Å². The zero-order chi connectivity index (χ0) is 25.3. The van der Waals surface area contributed by atoms with Crippen LogP contribution >= 0.6 is 0 Å². The minimum atomic E-state index is -0.781.